The van der Waals surface area contributed by atoms with Gasteiger partial charge in [-0.15, -0.1) is 0 Å². The Morgan fingerprint density at radius 1 is 1.10 bits per heavy atom. The van der Waals surface area contributed by atoms with E-state index < -0.39 is 0 Å². The van der Waals surface area contributed by atoms with Crippen molar-refractivity contribution in [1.82, 2.24) is 0 Å². The van der Waals surface area contributed by atoms with Crippen LogP contribution in [0, 0.1) is 0 Å². The summed E-state index contributed by atoms with van der Waals surface area (Å²) < 4.78 is 11.0. The maximum absolute atomic E-state index is 9.19. The molecule has 0 bridgehead atoms. The van der Waals surface area contributed by atoms with Crippen LogP contribution in [0.5, 0.6) is 5.75 Å². The Balaban J connectivity index is 3.06. The Morgan fingerprint density at radius 3 is 2.67 bits per heavy atom. The van der Waals surface area contributed by atoms with Gasteiger partial charge in [0.25, 0.3) is 0 Å². The fraction of sp³-hybridized carbons (Fsp3) is 0.500. The first-order valence-electron chi connectivity index (χ1n) is 10.7. The summed E-state index contributed by atoms with van der Waals surface area (Å²) in [6.45, 7) is 3.18. The summed E-state index contributed by atoms with van der Waals surface area (Å²) in [7, 11) is 0. The van der Waals surface area contributed by atoms with E-state index in [1.54, 1.807) is 6.08 Å². The van der Waals surface area contributed by atoms with Crippen LogP contribution < -0.4 is 4.74 Å². The predicted molar refractivity (Wildman–Crippen MR) is 126 cm³/mol. The number of allylic oxidation sites excluding steroid dienone is 4. The highest BCUT2D eigenvalue weighted by atomic mass is 32.1. The highest BCUT2D eigenvalue weighted by Gasteiger charge is 2.10. The van der Waals surface area contributed by atoms with Crippen molar-refractivity contribution in [2.75, 3.05) is 25.8 Å². The molecule has 168 valence electrons. The van der Waals surface area contributed by atoms with Gasteiger partial charge in [0, 0.05) is 0 Å². The van der Waals surface area contributed by atoms with E-state index >= 15 is 0 Å². The number of hydrogen-bond donors (Lipinski definition) is 3. The Bertz CT molecular complexity index is 655. The van der Waals surface area contributed by atoms with E-state index in [1.807, 2.05) is 30.3 Å². The highest BCUT2D eigenvalue weighted by molar-refractivity contribution is 7.80. The minimum atomic E-state index is 0.109. The van der Waals surface area contributed by atoms with Crippen LogP contribution in [0.25, 0.3) is 5.57 Å². The molecule has 0 unspecified atom stereocenters. The summed E-state index contributed by atoms with van der Waals surface area (Å²) in [6, 6.07) is 7.86. The fourth-order valence-electron chi connectivity index (χ4n) is 3.12. The van der Waals surface area contributed by atoms with Crippen molar-refractivity contribution in [3.63, 3.8) is 0 Å². The van der Waals surface area contributed by atoms with E-state index in [2.05, 4.69) is 30.5 Å². The van der Waals surface area contributed by atoms with Gasteiger partial charge in [0.15, 0.2) is 0 Å². The molecule has 0 heterocycles. The number of unbranched alkanes of at least 4 members (excludes halogenated alkanes) is 4. The van der Waals surface area contributed by atoms with Crippen LogP contribution in [0.2, 0.25) is 0 Å². The summed E-state index contributed by atoms with van der Waals surface area (Å²) in [5, 5.41) is 17.7. The third-order valence-corrected chi connectivity index (χ3v) is 4.75. The quantitative estimate of drug-likeness (QED) is 0.0489. The molecule has 30 heavy (non-hydrogen) atoms. The van der Waals surface area contributed by atoms with Gasteiger partial charge in [-0.1, -0.05) is 56.9 Å². The van der Waals surface area contributed by atoms with Crippen molar-refractivity contribution in [3.8, 4) is 5.75 Å². The molecule has 0 fully saturated rings. The summed E-state index contributed by atoms with van der Waals surface area (Å²) >= 11 is 4.09. The number of hydrogen-bond acceptors (Lipinski definition) is 6. The molecule has 1 aromatic rings. The molecule has 0 spiro atoms. The van der Waals surface area contributed by atoms with Crippen LogP contribution in [-0.2, 0) is 9.62 Å². The third kappa shape index (κ3) is 11.5. The van der Waals surface area contributed by atoms with Crippen LogP contribution in [0.15, 0.2) is 54.3 Å². The van der Waals surface area contributed by atoms with Crippen molar-refractivity contribution >= 4 is 18.2 Å². The minimum Gasteiger partial charge on any atom is -0.516 e. The monoisotopic (exact) mass is 436 g/mol. The highest BCUT2D eigenvalue weighted by Crippen LogP contribution is 2.30. The van der Waals surface area contributed by atoms with Gasteiger partial charge in [0.2, 0.25) is 0 Å². The average Bonchev–Trinajstić information content (AvgIpc) is 2.77. The van der Waals surface area contributed by atoms with E-state index in [1.165, 1.54) is 31.3 Å². The van der Waals surface area contributed by atoms with Gasteiger partial charge in [-0.3, -0.25) is 5.26 Å². The topological polar surface area (TPSA) is 68.2 Å². The van der Waals surface area contributed by atoms with Crippen LogP contribution in [0.1, 0.15) is 57.4 Å². The van der Waals surface area contributed by atoms with Gasteiger partial charge in [0.05, 0.1) is 18.8 Å². The Morgan fingerprint density at radius 2 is 1.93 bits per heavy atom. The average molecular weight is 437 g/mol. The van der Waals surface area contributed by atoms with Gasteiger partial charge in [-0.25, -0.2) is 4.89 Å². The molecule has 0 aliphatic carbocycles. The Kier molecular flexibility index (Phi) is 15.8. The largest absolute Gasteiger partial charge is 0.516 e. The smallest absolute Gasteiger partial charge is 0.120 e. The molecule has 1 aromatic carbocycles. The van der Waals surface area contributed by atoms with Crippen LogP contribution >= 0.6 is 12.6 Å². The van der Waals surface area contributed by atoms with Gasteiger partial charge in [0.1, 0.15) is 19.0 Å². The summed E-state index contributed by atoms with van der Waals surface area (Å²) in [4.78, 5) is 4.08. The second-order valence-corrected chi connectivity index (χ2v) is 7.11. The van der Waals surface area contributed by atoms with Crippen LogP contribution in [0.4, 0.5) is 0 Å². The fourth-order valence-corrected chi connectivity index (χ4v) is 3.25. The molecule has 5 nitrogen and oxygen atoms in total. The number of ether oxygens (including phenoxy) is 2. The molecule has 0 radical (unpaired) electrons. The van der Waals surface area contributed by atoms with E-state index in [9.17, 15) is 5.11 Å². The standard InChI is InChI=1S/C24H36O5S/c1-2-3-4-5-6-10-21(12-8-15-25)24(14-9-16-27-20-30)22-11-7-13-23(19-22)28-17-18-29-26/h7-8,11-15,19,25-26,30H,2-6,9-10,16-18,20H2,1H3/b15-8+,21-12-,24-14+. The molecule has 0 aliphatic rings. The van der Waals surface area contributed by atoms with Crippen molar-refractivity contribution in [3.05, 3.63) is 59.9 Å². The summed E-state index contributed by atoms with van der Waals surface area (Å²) in [6.07, 6.45) is 14.6. The number of aliphatic hydroxyl groups excluding tert-OH is 1. The van der Waals surface area contributed by atoms with E-state index in [0.29, 0.717) is 18.3 Å². The molecule has 0 saturated heterocycles. The molecular formula is C24H36O5S. The minimum absolute atomic E-state index is 0.109. The number of thiol groups is 1. The zero-order valence-electron chi connectivity index (χ0n) is 18.0. The van der Waals surface area contributed by atoms with Crippen molar-refractivity contribution < 1.29 is 24.7 Å². The zero-order valence-corrected chi connectivity index (χ0v) is 18.9. The lowest BCUT2D eigenvalue weighted by atomic mass is 9.92. The first kappa shape index (κ1) is 26.3. The van der Waals surface area contributed by atoms with Gasteiger partial charge in [-0.2, -0.15) is 12.6 Å². The maximum atomic E-state index is 9.19. The molecule has 0 amide bonds. The lowest BCUT2D eigenvalue weighted by molar-refractivity contribution is -0.245. The molecule has 1 rings (SSSR count). The second kappa shape index (κ2) is 18.1. The summed E-state index contributed by atoms with van der Waals surface area (Å²) in [5.41, 5.74) is 3.31. The van der Waals surface area contributed by atoms with Crippen molar-refractivity contribution in [1.29, 1.82) is 0 Å². The Labute approximate surface area is 186 Å². The molecule has 2 N–H and O–H groups in total. The third-order valence-electron chi connectivity index (χ3n) is 4.57. The predicted octanol–water partition coefficient (Wildman–Crippen LogP) is 6.59. The van der Waals surface area contributed by atoms with Crippen LogP contribution in [-0.4, -0.2) is 36.1 Å². The van der Waals surface area contributed by atoms with E-state index in [4.69, 9.17) is 14.7 Å². The molecule has 6 heteroatoms. The summed E-state index contributed by atoms with van der Waals surface area (Å²) in [5.74, 6) is 1.11. The number of benzene rings is 1. The normalized spacial score (nSPS) is 12.6. The maximum Gasteiger partial charge on any atom is 0.120 e. The van der Waals surface area contributed by atoms with Crippen LogP contribution in [0.3, 0.4) is 0 Å². The first-order chi connectivity index (χ1) is 14.8. The first-order valence-corrected chi connectivity index (χ1v) is 11.3. The second-order valence-electron chi connectivity index (χ2n) is 6.85. The molecule has 0 aliphatic heterocycles. The van der Waals surface area contributed by atoms with Crippen molar-refractivity contribution in [2.24, 2.45) is 0 Å². The SMILES string of the molecule is CCCCCCCC(=C/C=C/O)/C(=C\CCOCS)c1cccc(OCCOO)c1. The molecular weight excluding hydrogens is 400 g/mol. The van der Waals surface area contributed by atoms with Gasteiger partial charge < -0.3 is 14.6 Å². The number of aliphatic hydroxyl groups is 1. The van der Waals surface area contributed by atoms with E-state index in [0.717, 1.165) is 36.7 Å². The lowest BCUT2D eigenvalue weighted by Crippen LogP contribution is -2.04. The van der Waals surface area contributed by atoms with Crippen molar-refractivity contribution in [2.45, 2.75) is 51.9 Å². The van der Waals surface area contributed by atoms with Gasteiger partial charge >= 0.3 is 0 Å². The molecule has 0 saturated carbocycles. The van der Waals surface area contributed by atoms with Gasteiger partial charge in [-0.05, 0) is 54.2 Å². The zero-order chi connectivity index (χ0) is 21.9. The van der Waals surface area contributed by atoms with E-state index in [-0.39, 0.29) is 13.2 Å². The Hall–Kier alpha value is -1.73. The molecule has 0 atom stereocenters. The lowest BCUT2D eigenvalue weighted by Gasteiger charge is -2.15. The molecule has 0 aromatic heterocycles. The number of rotatable bonds is 17.